The molecule has 25 heavy (non-hydrogen) atoms. The third kappa shape index (κ3) is 6.11. The van der Waals surface area contributed by atoms with E-state index >= 15 is 0 Å². The second kappa shape index (κ2) is 9.49. The van der Waals surface area contributed by atoms with Crippen LogP contribution in [0.15, 0.2) is 53.4 Å². The minimum atomic E-state index is -0.281. The number of halogens is 1. The zero-order valence-electron chi connectivity index (χ0n) is 14.2. The van der Waals surface area contributed by atoms with Gasteiger partial charge in [0.25, 0.3) is 0 Å². The number of benzene rings is 2. The molecule has 6 heteroatoms. The fourth-order valence-electron chi connectivity index (χ4n) is 2.12. The average molecular weight is 377 g/mol. The normalized spacial score (nSPS) is 11.6. The summed E-state index contributed by atoms with van der Waals surface area (Å²) in [5.41, 5.74) is 1.37. The van der Waals surface area contributed by atoms with Gasteiger partial charge in [-0.1, -0.05) is 30.7 Å². The van der Waals surface area contributed by atoms with E-state index in [4.69, 9.17) is 11.6 Å². The minimum Gasteiger partial charge on any atom is -0.326 e. The lowest BCUT2D eigenvalue weighted by atomic mass is 10.3. The second-order valence-corrected chi connectivity index (χ2v) is 7.37. The molecule has 2 aromatic carbocycles. The minimum absolute atomic E-state index is 0.00962. The number of carbonyl (C=O) groups excluding carboxylic acids is 2. The predicted octanol–water partition coefficient (Wildman–Crippen LogP) is 5.20. The summed E-state index contributed by atoms with van der Waals surface area (Å²) >= 11 is 7.51. The molecular formula is C19H21ClN2O2S. The monoisotopic (exact) mass is 376 g/mol. The van der Waals surface area contributed by atoms with E-state index in [-0.39, 0.29) is 17.1 Å². The Balaban J connectivity index is 1.91. The molecule has 0 saturated heterocycles. The molecule has 2 aromatic rings. The van der Waals surface area contributed by atoms with Crippen LogP contribution in [0, 0.1) is 0 Å². The predicted molar refractivity (Wildman–Crippen MR) is 105 cm³/mol. The summed E-state index contributed by atoms with van der Waals surface area (Å²) in [6.45, 7) is 3.81. The van der Waals surface area contributed by atoms with Crippen LogP contribution < -0.4 is 10.6 Å². The summed E-state index contributed by atoms with van der Waals surface area (Å²) in [6.07, 6.45) is 1.33. The van der Waals surface area contributed by atoms with E-state index in [9.17, 15) is 9.59 Å². The van der Waals surface area contributed by atoms with Crippen LogP contribution in [0.2, 0.25) is 5.02 Å². The molecule has 0 bridgehead atoms. The number of para-hydroxylation sites is 1. The summed E-state index contributed by atoms with van der Waals surface area (Å²) in [5, 5.41) is 5.91. The Morgan fingerprint density at radius 2 is 1.76 bits per heavy atom. The lowest BCUT2D eigenvalue weighted by Gasteiger charge is -2.13. The summed E-state index contributed by atoms with van der Waals surface area (Å²) in [5.74, 6) is -0.103. The van der Waals surface area contributed by atoms with E-state index in [2.05, 4.69) is 10.6 Å². The maximum atomic E-state index is 12.3. The fourth-order valence-corrected chi connectivity index (χ4v) is 3.17. The zero-order chi connectivity index (χ0) is 18.2. The van der Waals surface area contributed by atoms with Gasteiger partial charge >= 0.3 is 0 Å². The topological polar surface area (TPSA) is 58.2 Å². The molecule has 0 heterocycles. The molecule has 0 aliphatic carbocycles. The first-order chi connectivity index (χ1) is 12.0. The van der Waals surface area contributed by atoms with Crippen molar-refractivity contribution >= 4 is 46.6 Å². The SMILES string of the molecule is CCCC(=O)Nc1ccc(SC(C)C(=O)Nc2ccccc2Cl)cc1. The Hall–Kier alpha value is -1.98. The number of rotatable bonds is 7. The highest BCUT2D eigenvalue weighted by Crippen LogP contribution is 2.27. The second-order valence-electron chi connectivity index (χ2n) is 5.55. The molecule has 1 atom stereocenters. The summed E-state index contributed by atoms with van der Waals surface area (Å²) < 4.78 is 0. The van der Waals surface area contributed by atoms with Crippen LogP contribution in [0.1, 0.15) is 26.7 Å². The number of anilines is 2. The smallest absolute Gasteiger partial charge is 0.237 e. The van der Waals surface area contributed by atoms with Gasteiger partial charge in [-0.15, -0.1) is 11.8 Å². The van der Waals surface area contributed by atoms with Crippen molar-refractivity contribution in [3.05, 3.63) is 53.6 Å². The van der Waals surface area contributed by atoms with Gasteiger partial charge in [-0.05, 0) is 49.7 Å². The quantitative estimate of drug-likeness (QED) is 0.653. The summed E-state index contributed by atoms with van der Waals surface area (Å²) in [7, 11) is 0. The van der Waals surface area contributed by atoms with E-state index in [1.54, 1.807) is 12.1 Å². The standard InChI is InChI=1S/C19H21ClN2O2S/c1-3-6-18(23)21-14-9-11-15(12-10-14)25-13(2)19(24)22-17-8-5-4-7-16(17)20/h4-5,7-13H,3,6H2,1-2H3,(H,21,23)(H,22,24). The molecule has 0 spiro atoms. The molecule has 0 aliphatic heterocycles. The van der Waals surface area contributed by atoms with Crippen LogP contribution >= 0.6 is 23.4 Å². The van der Waals surface area contributed by atoms with Gasteiger partial charge in [0.1, 0.15) is 0 Å². The van der Waals surface area contributed by atoms with Crippen LogP contribution in [0.4, 0.5) is 11.4 Å². The average Bonchev–Trinajstić information content (AvgIpc) is 2.59. The van der Waals surface area contributed by atoms with Gasteiger partial charge in [0.2, 0.25) is 11.8 Å². The highest BCUT2D eigenvalue weighted by Gasteiger charge is 2.15. The van der Waals surface area contributed by atoms with Gasteiger partial charge in [-0.25, -0.2) is 0 Å². The largest absolute Gasteiger partial charge is 0.326 e. The molecule has 4 nitrogen and oxygen atoms in total. The first-order valence-electron chi connectivity index (χ1n) is 8.11. The van der Waals surface area contributed by atoms with Crippen LogP contribution in [-0.4, -0.2) is 17.1 Å². The van der Waals surface area contributed by atoms with Crippen molar-refractivity contribution in [1.29, 1.82) is 0 Å². The highest BCUT2D eigenvalue weighted by atomic mass is 35.5. The Kier molecular flexibility index (Phi) is 7.34. The third-order valence-electron chi connectivity index (χ3n) is 3.43. The number of thioether (sulfide) groups is 1. The van der Waals surface area contributed by atoms with Crippen molar-refractivity contribution in [2.75, 3.05) is 10.6 Å². The Bertz CT molecular complexity index is 734. The van der Waals surface area contributed by atoms with E-state index < -0.39 is 0 Å². The summed E-state index contributed by atoms with van der Waals surface area (Å²) in [6, 6.07) is 14.6. The molecular weight excluding hydrogens is 356 g/mol. The van der Waals surface area contributed by atoms with E-state index in [0.29, 0.717) is 17.1 Å². The van der Waals surface area contributed by atoms with Gasteiger partial charge in [-0.3, -0.25) is 9.59 Å². The number of hydrogen-bond donors (Lipinski definition) is 2. The molecule has 0 fully saturated rings. The van der Waals surface area contributed by atoms with Crippen molar-refractivity contribution in [3.8, 4) is 0 Å². The third-order valence-corrected chi connectivity index (χ3v) is 4.87. The molecule has 0 aromatic heterocycles. The van der Waals surface area contributed by atoms with Crippen LogP contribution in [0.25, 0.3) is 0 Å². The fraction of sp³-hybridized carbons (Fsp3) is 0.263. The Morgan fingerprint density at radius 3 is 2.40 bits per heavy atom. The maximum absolute atomic E-state index is 12.3. The Labute approximate surface area is 157 Å². The van der Waals surface area contributed by atoms with Crippen molar-refractivity contribution in [2.24, 2.45) is 0 Å². The number of hydrogen-bond acceptors (Lipinski definition) is 3. The lowest BCUT2D eigenvalue weighted by Crippen LogP contribution is -2.22. The molecule has 2 amide bonds. The van der Waals surface area contributed by atoms with Crippen LogP contribution in [0.3, 0.4) is 0 Å². The lowest BCUT2D eigenvalue weighted by molar-refractivity contribution is -0.116. The van der Waals surface area contributed by atoms with Crippen LogP contribution in [-0.2, 0) is 9.59 Å². The molecule has 0 aliphatic rings. The Morgan fingerprint density at radius 1 is 1.08 bits per heavy atom. The van der Waals surface area contributed by atoms with Crippen LogP contribution in [0.5, 0.6) is 0 Å². The number of carbonyl (C=O) groups is 2. The van der Waals surface area contributed by atoms with Gasteiger partial charge in [-0.2, -0.15) is 0 Å². The van der Waals surface area contributed by atoms with Crippen molar-refractivity contribution in [2.45, 2.75) is 36.8 Å². The van der Waals surface area contributed by atoms with E-state index in [1.807, 2.05) is 50.2 Å². The van der Waals surface area contributed by atoms with Gasteiger partial charge in [0.15, 0.2) is 0 Å². The van der Waals surface area contributed by atoms with Crippen molar-refractivity contribution < 1.29 is 9.59 Å². The molecule has 0 radical (unpaired) electrons. The molecule has 2 rings (SSSR count). The van der Waals surface area contributed by atoms with Gasteiger partial charge < -0.3 is 10.6 Å². The zero-order valence-corrected chi connectivity index (χ0v) is 15.8. The summed E-state index contributed by atoms with van der Waals surface area (Å²) in [4.78, 5) is 24.8. The van der Waals surface area contributed by atoms with Crippen molar-refractivity contribution in [1.82, 2.24) is 0 Å². The maximum Gasteiger partial charge on any atom is 0.237 e. The van der Waals surface area contributed by atoms with E-state index in [1.165, 1.54) is 11.8 Å². The van der Waals surface area contributed by atoms with E-state index in [0.717, 1.165) is 17.0 Å². The molecule has 132 valence electrons. The molecule has 1 unspecified atom stereocenters. The highest BCUT2D eigenvalue weighted by molar-refractivity contribution is 8.00. The first kappa shape index (κ1) is 19.3. The molecule has 2 N–H and O–H groups in total. The molecule has 0 saturated carbocycles. The van der Waals surface area contributed by atoms with Gasteiger partial charge in [0.05, 0.1) is 16.0 Å². The van der Waals surface area contributed by atoms with Gasteiger partial charge in [0, 0.05) is 17.0 Å². The first-order valence-corrected chi connectivity index (χ1v) is 9.37. The van der Waals surface area contributed by atoms with Crippen molar-refractivity contribution in [3.63, 3.8) is 0 Å². The number of amides is 2. The number of nitrogens with one attached hydrogen (secondary N) is 2.